The van der Waals surface area contributed by atoms with Gasteiger partial charge in [0, 0.05) is 19.1 Å². The van der Waals surface area contributed by atoms with Gasteiger partial charge in [-0.25, -0.2) is 4.79 Å². The molecule has 0 aromatic rings. The summed E-state index contributed by atoms with van der Waals surface area (Å²) in [6.07, 6.45) is 4.75. The van der Waals surface area contributed by atoms with Crippen LogP contribution in [0.3, 0.4) is 0 Å². The molecule has 1 aliphatic heterocycles. The van der Waals surface area contributed by atoms with Crippen LogP contribution in [0.2, 0.25) is 0 Å². The molecule has 1 N–H and O–H groups in total. The number of rotatable bonds is 3. The number of likely N-dealkylation sites (tertiary alicyclic amines) is 1. The van der Waals surface area contributed by atoms with E-state index in [9.17, 15) is 4.79 Å². The molecule has 1 unspecified atom stereocenters. The Balaban J connectivity index is 1.72. The van der Waals surface area contributed by atoms with Crippen molar-refractivity contribution in [3.63, 3.8) is 0 Å². The molecular weight excluding hydrogens is 228 g/mol. The van der Waals surface area contributed by atoms with Crippen LogP contribution in [0.15, 0.2) is 0 Å². The second-order valence-electron chi connectivity index (χ2n) is 6.69. The van der Waals surface area contributed by atoms with Gasteiger partial charge in [-0.3, -0.25) is 0 Å². The fourth-order valence-corrected chi connectivity index (χ4v) is 2.48. The van der Waals surface area contributed by atoms with Crippen LogP contribution >= 0.6 is 0 Å². The summed E-state index contributed by atoms with van der Waals surface area (Å²) in [4.78, 5) is 14.2. The van der Waals surface area contributed by atoms with Gasteiger partial charge >= 0.3 is 6.09 Å². The molecule has 18 heavy (non-hydrogen) atoms. The summed E-state index contributed by atoms with van der Waals surface area (Å²) in [7, 11) is 0. The molecule has 0 radical (unpaired) electrons. The van der Waals surface area contributed by atoms with Crippen LogP contribution in [-0.2, 0) is 4.74 Å². The van der Waals surface area contributed by atoms with Crippen LogP contribution in [0.25, 0.3) is 0 Å². The molecule has 2 rings (SSSR count). The van der Waals surface area contributed by atoms with Crippen molar-refractivity contribution in [2.24, 2.45) is 5.92 Å². The second-order valence-corrected chi connectivity index (χ2v) is 6.69. The van der Waals surface area contributed by atoms with Gasteiger partial charge in [-0.1, -0.05) is 0 Å². The normalized spacial score (nSPS) is 25.8. The van der Waals surface area contributed by atoms with E-state index in [4.69, 9.17) is 4.74 Å². The van der Waals surface area contributed by atoms with Crippen LogP contribution < -0.4 is 5.32 Å². The van der Waals surface area contributed by atoms with E-state index in [1.165, 1.54) is 32.4 Å². The van der Waals surface area contributed by atoms with Crippen LogP contribution in [0.4, 0.5) is 4.79 Å². The predicted octanol–water partition coefficient (Wildman–Crippen LogP) is 2.39. The van der Waals surface area contributed by atoms with E-state index in [1.54, 1.807) is 0 Å². The highest BCUT2D eigenvalue weighted by atomic mass is 16.6. The maximum absolute atomic E-state index is 11.7. The highest BCUT2D eigenvalue weighted by molar-refractivity contribution is 5.68. The van der Waals surface area contributed by atoms with E-state index in [1.807, 2.05) is 20.8 Å². The minimum atomic E-state index is -0.410. The Morgan fingerprint density at radius 1 is 1.33 bits per heavy atom. The number of amides is 1. The van der Waals surface area contributed by atoms with E-state index in [2.05, 4.69) is 10.2 Å². The summed E-state index contributed by atoms with van der Waals surface area (Å²) < 4.78 is 5.30. The molecule has 0 bridgehead atoms. The highest BCUT2D eigenvalue weighted by Crippen LogP contribution is 2.30. The van der Waals surface area contributed by atoms with Crippen LogP contribution in [-0.4, -0.2) is 42.3 Å². The zero-order chi connectivity index (χ0) is 13.2. The topological polar surface area (TPSA) is 41.6 Å². The van der Waals surface area contributed by atoms with Crippen LogP contribution in [0.5, 0.6) is 0 Å². The van der Waals surface area contributed by atoms with E-state index in [-0.39, 0.29) is 12.1 Å². The standard InChI is InChI=1S/C14H26N2O2/c1-14(2,3)18-13(17)15-12-5-4-8-16(10-12)9-11-6-7-11/h11-12H,4-10H2,1-3H3,(H,15,17). The summed E-state index contributed by atoms with van der Waals surface area (Å²) in [5, 5.41) is 3.00. The molecule has 104 valence electrons. The Morgan fingerprint density at radius 2 is 2.06 bits per heavy atom. The highest BCUT2D eigenvalue weighted by Gasteiger charge is 2.28. The maximum Gasteiger partial charge on any atom is 0.407 e. The van der Waals surface area contributed by atoms with E-state index < -0.39 is 5.60 Å². The summed E-state index contributed by atoms with van der Waals surface area (Å²) in [6, 6.07) is 0.257. The molecule has 1 saturated carbocycles. The summed E-state index contributed by atoms with van der Waals surface area (Å²) >= 11 is 0. The minimum absolute atomic E-state index is 0.257. The lowest BCUT2D eigenvalue weighted by Crippen LogP contribution is -2.49. The summed E-state index contributed by atoms with van der Waals surface area (Å²) in [5.74, 6) is 0.922. The molecule has 1 amide bonds. The first-order valence-corrected chi connectivity index (χ1v) is 7.14. The van der Waals surface area contributed by atoms with Gasteiger partial charge in [-0.05, 0) is 58.9 Å². The van der Waals surface area contributed by atoms with Crippen molar-refractivity contribution in [1.82, 2.24) is 10.2 Å². The minimum Gasteiger partial charge on any atom is -0.444 e. The molecule has 0 spiro atoms. The van der Waals surface area contributed by atoms with Gasteiger partial charge in [0.2, 0.25) is 0 Å². The Kier molecular flexibility index (Phi) is 4.15. The summed E-state index contributed by atoms with van der Waals surface area (Å²) in [6.45, 7) is 9.07. The van der Waals surface area contributed by atoms with Crippen molar-refractivity contribution in [3.05, 3.63) is 0 Å². The Morgan fingerprint density at radius 3 is 2.67 bits per heavy atom. The zero-order valence-electron chi connectivity index (χ0n) is 11.9. The van der Waals surface area contributed by atoms with E-state index in [0.29, 0.717) is 0 Å². The number of alkyl carbamates (subject to hydrolysis) is 1. The predicted molar refractivity (Wildman–Crippen MR) is 71.6 cm³/mol. The van der Waals surface area contributed by atoms with Crippen molar-refractivity contribution >= 4 is 6.09 Å². The number of piperidine rings is 1. The SMILES string of the molecule is CC(C)(C)OC(=O)NC1CCCN(CC2CC2)C1. The van der Waals surface area contributed by atoms with Gasteiger partial charge in [0.15, 0.2) is 0 Å². The molecule has 1 aliphatic carbocycles. The largest absolute Gasteiger partial charge is 0.444 e. The maximum atomic E-state index is 11.7. The monoisotopic (exact) mass is 254 g/mol. The molecule has 1 heterocycles. The number of nitrogens with zero attached hydrogens (tertiary/aromatic N) is 1. The molecular formula is C14H26N2O2. The molecule has 2 fully saturated rings. The first-order valence-electron chi connectivity index (χ1n) is 7.14. The molecule has 4 nitrogen and oxygen atoms in total. The number of nitrogens with one attached hydrogen (secondary N) is 1. The number of ether oxygens (including phenoxy) is 1. The molecule has 1 saturated heterocycles. The van der Waals surface area contributed by atoms with Gasteiger partial charge in [-0.15, -0.1) is 0 Å². The third-order valence-corrected chi connectivity index (χ3v) is 3.44. The third-order valence-electron chi connectivity index (χ3n) is 3.44. The quantitative estimate of drug-likeness (QED) is 0.841. The Bertz CT molecular complexity index is 295. The van der Waals surface area contributed by atoms with E-state index in [0.717, 1.165) is 18.9 Å². The molecule has 0 aromatic heterocycles. The number of carbonyl (C=O) groups is 1. The van der Waals surface area contributed by atoms with Gasteiger partial charge in [-0.2, -0.15) is 0 Å². The third kappa shape index (κ3) is 4.84. The smallest absolute Gasteiger partial charge is 0.407 e. The van der Waals surface area contributed by atoms with Gasteiger partial charge in [0.05, 0.1) is 0 Å². The van der Waals surface area contributed by atoms with Crippen molar-refractivity contribution in [3.8, 4) is 0 Å². The zero-order valence-corrected chi connectivity index (χ0v) is 11.9. The second kappa shape index (κ2) is 5.47. The summed E-state index contributed by atoms with van der Waals surface area (Å²) in [5.41, 5.74) is -0.410. The Labute approximate surface area is 110 Å². The Hall–Kier alpha value is -0.770. The van der Waals surface area contributed by atoms with Crippen molar-refractivity contribution in [1.29, 1.82) is 0 Å². The molecule has 4 heteroatoms. The lowest BCUT2D eigenvalue weighted by molar-refractivity contribution is 0.0471. The van der Waals surface area contributed by atoms with E-state index >= 15 is 0 Å². The van der Waals surface area contributed by atoms with Crippen molar-refractivity contribution in [2.45, 2.75) is 58.1 Å². The van der Waals surface area contributed by atoms with Crippen molar-refractivity contribution in [2.75, 3.05) is 19.6 Å². The number of carbonyl (C=O) groups excluding carboxylic acids is 1. The van der Waals surface area contributed by atoms with Gasteiger partial charge in [0.25, 0.3) is 0 Å². The van der Waals surface area contributed by atoms with Gasteiger partial charge < -0.3 is 15.0 Å². The fourth-order valence-electron chi connectivity index (χ4n) is 2.48. The first kappa shape index (κ1) is 13.7. The lowest BCUT2D eigenvalue weighted by atomic mass is 10.1. The molecule has 2 aliphatic rings. The average molecular weight is 254 g/mol. The van der Waals surface area contributed by atoms with Crippen LogP contribution in [0.1, 0.15) is 46.5 Å². The lowest BCUT2D eigenvalue weighted by Gasteiger charge is -2.33. The van der Waals surface area contributed by atoms with Gasteiger partial charge in [0.1, 0.15) is 5.60 Å². The molecule has 1 atom stereocenters. The fraction of sp³-hybridized carbons (Fsp3) is 0.929. The average Bonchev–Trinajstić information content (AvgIpc) is 2.98. The number of hydrogen-bond donors (Lipinski definition) is 1. The molecule has 0 aromatic carbocycles. The van der Waals surface area contributed by atoms with Crippen LogP contribution in [0, 0.1) is 5.92 Å². The first-order chi connectivity index (χ1) is 8.42. The van der Waals surface area contributed by atoms with Crippen molar-refractivity contribution < 1.29 is 9.53 Å². The number of hydrogen-bond acceptors (Lipinski definition) is 3.